The van der Waals surface area contributed by atoms with E-state index in [0.29, 0.717) is 22.6 Å². The lowest BCUT2D eigenvalue weighted by Crippen LogP contribution is -2.24. The number of nitrogens with zero attached hydrogens (tertiary/aromatic N) is 1. The van der Waals surface area contributed by atoms with Crippen LogP contribution in [0.1, 0.15) is 27.8 Å². The molecule has 1 amide bonds. The van der Waals surface area contributed by atoms with Crippen LogP contribution in [-0.2, 0) is 4.79 Å². The zero-order valence-electron chi connectivity index (χ0n) is 17.1. The van der Waals surface area contributed by atoms with Gasteiger partial charge in [-0.1, -0.05) is 36.4 Å². The minimum Gasteiger partial charge on any atom is -0.496 e. The fourth-order valence-electron chi connectivity index (χ4n) is 3.55. The number of Topliss-reactive ketones (excluding diaryl/α,β-unsaturated/α-hetero) is 2. The van der Waals surface area contributed by atoms with Crippen molar-refractivity contribution in [1.29, 1.82) is 0 Å². The van der Waals surface area contributed by atoms with E-state index >= 15 is 0 Å². The van der Waals surface area contributed by atoms with Crippen LogP contribution in [-0.4, -0.2) is 29.0 Å². The van der Waals surface area contributed by atoms with Crippen LogP contribution in [0.25, 0.3) is 16.6 Å². The Labute approximate surface area is 179 Å². The van der Waals surface area contributed by atoms with E-state index in [-0.39, 0.29) is 11.5 Å². The number of carbonyl (C=O) groups excluding carboxylic acids is 3. The Bertz CT molecular complexity index is 1310. The Balaban J connectivity index is 1.72. The van der Waals surface area contributed by atoms with Crippen LogP contribution in [0.4, 0.5) is 5.69 Å². The molecule has 1 N–H and O–H groups in total. The summed E-state index contributed by atoms with van der Waals surface area (Å²) in [5, 5.41) is 2.61. The van der Waals surface area contributed by atoms with E-state index < -0.39 is 11.7 Å². The SMILES string of the molecule is COc1ccc(NC(=O)C(=O)c2c(-c3ccccc3)cc3ccccn23)cc1C(C)=O. The lowest BCUT2D eigenvalue weighted by Gasteiger charge is -2.10. The molecular weight excluding hydrogens is 392 g/mol. The van der Waals surface area contributed by atoms with Crippen molar-refractivity contribution in [3.63, 3.8) is 0 Å². The summed E-state index contributed by atoms with van der Waals surface area (Å²) in [6, 6.07) is 21.6. The normalized spacial score (nSPS) is 10.6. The van der Waals surface area contributed by atoms with Gasteiger partial charge < -0.3 is 14.5 Å². The maximum Gasteiger partial charge on any atom is 0.298 e. The van der Waals surface area contributed by atoms with E-state index in [1.807, 2.05) is 48.5 Å². The monoisotopic (exact) mass is 412 g/mol. The number of carbonyl (C=O) groups is 3. The van der Waals surface area contributed by atoms with Crippen LogP contribution in [0, 0.1) is 0 Å². The molecule has 6 heteroatoms. The van der Waals surface area contributed by atoms with Gasteiger partial charge in [0.2, 0.25) is 0 Å². The van der Waals surface area contributed by atoms with Gasteiger partial charge in [-0.3, -0.25) is 14.4 Å². The van der Waals surface area contributed by atoms with E-state index in [4.69, 9.17) is 4.74 Å². The molecule has 0 spiro atoms. The lowest BCUT2D eigenvalue weighted by atomic mass is 10.0. The van der Waals surface area contributed by atoms with Crippen molar-refractivity contribution in [2.24, 2.45) is 0 Å². The summed E-state index contributed by atoms with van der Waals surface area (Å²) in [5.41, 5.74) is 3.26. The third-order valence-corrected chi connectivity index (χ3v) is 5.02. The third kappa shape index (κ3) is 3.83. The molecule has 4 aromatic rings. The summed E-state index contributed by atoms with van der Waals surface area (Å²) in [6.45, 7) is 1.41. The van der Waals surface area contributed by atoms with E-state index in [9.17, 15) is 14.4 Å². The molecule has 0 radical (unpaired) electrons. The number of benzene rings is 2. The van der Waals surface area contributed by atoms with Gasteiger partial charge in [-0.2, -0.15) is 0 Å². The van der Waals surface area contributed by atoms with Gasteiger partial charge >= 0.3 is 0 Å². The fraction of sp³-hybridized carbons (Fsp3) is 0.0800. The number of nitrogens with one attached hydrogen (secondary N) is 1. The summed E-state index contributed by atoms with van der Waals surface area (Å²) >= 11 is 0. The Morgan fingerprint density at radius 2 is 1.65 bits per heavy atom. The minimum absolute atomic E-state index is 0.205. The highest BCUT2D eigenvalue weighted by Crippen LogP contribution is 2.29. The largest absolute Gasteiger partial charge is 0.496 e. The number of fused-ring (bicyclic) bond motifs is 1. The van der Waals surface area contributed by atoms with Crippen LogP contribution >= 0.6 is 0 Å². The number of ketones is 2. The second kappa shape index (κ2) is 8.28. The summed E-state index contributed by atoms with van der Waals surface area (Å²) in [5.74, 6) is -1.27. The highest BCUT2D eigenvalue weighted by atomic mass is 16.5. The van der Waals surface area contributed by atoms with Crippen LogP contribution in [0.2, 0.25) is 0 Å². The predicted octanol–water partition coefficient (Wildman–Crippen LogP) is 4.64. The van der Waals surface area contributed by atoms with Crippen LogP contribution in [0.15, 0.2) is 79.0 Å². The van der Waals surface area contributed by atoms with E-state index in [0.717, 1.165) is 11.1 Å². The molecule has 2 aromatic carbocycles. The quantitative estimate of drug-likeness (QED) is 0.370. The molecule has 0 saturated carbocycles. The number of hydrogen-bond donors (Lipinski definition) is 1. The molecule has 0 aliphatic rings. The van der Waals surface area contributed by atoms with Crippen molar-refractivity contribution in [3.8, 4) is 16.9 Å². The minimum atomic E-state index is -0.791. The van der Waals surface area contributed by atoms with Crippen molar-refractivity contribution in [3.05, 3.63) is 90.3 Å². The highest BCUT2D eigenvalue weighted by molar-refractivity contribution is 6.47. The highest BCUT2D eigenvalue weighted by Gasteiger charge is 2.25. The first-order chi connectivity index (χ1) is 15.0. The molecule has 0 atom stereocenters. The summed E-state index contributed by atoms with van der Waals surface area (Å²) in [4.78, 5) is 38.0. The molecule has 0 fully saturated rings. The molecule has 2 heterocycles. The van der Waals surface area contributed by atoms with E-state index in [2.05, 4.69) is 5.32 Å². The number of pyridine rings is 1. The molecule has 0 unspecified atom stereocenters. The van der Waals surface area contributed by atoms with Crippen molar-refractivity contribution >= 4 is 28.7 Å². The molecular formula is C25H20N2O4. The topological polar surface area (TPSA) is 76.9 Å². The second-order valence-corrected chi connectivity index (χ2v) is 7.02. The van der Waals surface area contributed by atoms with Gasteiger partial charge in [0, 0.05) is 23.0 Å². The maximum atomic E-state index is 13.2. The standard InChI is InChI=1S/C25H20N2O4/c1-16(28)20-14-18(11-12-22(20)31-2)26-25(30)24(29)23-21(17-8-4-3-5-9-17)15-19-10-6-7-13-27(19)23/h3-15H,1-2H3,(H,26,30). The first kappa shape index (κ1) is 20.1. The third-order valence-electron chi connectivity index (χ3n) is 5.02. The summed E-state index contributed by atoms with van der Waals surface area (Å²) < 4.78 is 6.89. The molecule has 0 bridgehead atoms. The number of amides is 1. The van der Waals surface area contributed by atoms with Crippen LogP contribution < -0.4 is 10.1 Å². The molecule has 2 aromatic heterocycles. The number of hydrogen-bond acceptors (Lipinski definition) is 4. The average molecular weight is 412 g/mol. The first-order valence-corrected chi connectivity index (χ1v) is 9.69. The Hall–Kier alpha value is -4.19. The lowest BCUT2D eigenvalue weighted by molar-refractivity contribution is -0.112. The van der Waals surface area contributed by atoms with Crippen molar-refractivity contribution in [2.45, 2.75) is 6.92 Å². The van der Waals surface area contributed by atoms with Gasteiger partial charge in [0.25, 0.3) is 11.7 Å². The maximum absolute atomic E-state index is 13.2. The van der Waals surface area contributed by atoms with Crippen LogP contribution in [0.5, 0.6) is 5.75 Å². The Morgan fingerprint density at radius 1 is 0.903 bits per heavy atom. The van der Waals surface area contributed by atoms with Crippen molar-refractivity contribution < 1.29 is 19.1 Å². The number of ether oxygens (including phenoxy) is 1. The second-order valence-electron chi connectivity index (χ2n) is 7.02. The smallest absolute Gasteiger partial charge is 0.298 e. The number of rotatable bonds is 6. The predicted molar refractivity (Wildman–Crippen MR) is 119 cm³/mol. The summed E-state index contributed by atoms with van der Waals surface area (Å²) in [7, 11) is 1.46. The van der Waals surface area contributed by atoms with Gasteiger partial charge in [-0.25, -0.2) is 0 Å². The molecule has 0 aliphatic carbocycles. The van der Waals surface area contributed by atoms with Gasteiger partial charge in [0.1, 0.15) is 11.4 Å². The molecule has 4 rings (SSSR count). The van der Waals surface area contributed by atoms with Gasteiger partial charge in [-0.05, 0) is 48.9 Å². The Morgan fingerprint density at radius 3 is 2.35 bits per heavy atom. The fourth-order valence-corrected chi connectivity index (χ4v) is 3.55. The van der Waals surface area contributed by atoms with Crippen molar-refractivity contribution in [2.75, 3.05) is 12.4 Å². The van der Waals surface area contributed by atoms with Crippen LogP contribution in [0.3, 0.4) is 0 Å². The van der Waals surface area contributed by atoms with Gasteiger partial charge in [0.15, 0.2) is 5.78 Å². The zero-order chi connectivity index (χ0) is 22.0. The molecule has 6 nitrogen and oxygen atoms in total. The molecule has 154 valence electrons. The van der Waals surface area contributed by atoms with Crippen molar-refractivity contribution in [1.82, 2.24) is 4.40 Å². The van der Waals surface area contributed by atoms with Gasteiger partial charge in [-0.15, -0.1) is 0 Å². The molecule has 0 aliphatic heterocycles. The zero-order valence-corrected chi connectivity index (χ0v) is 17.1. The summed E-state index contributed by atoms with van der Waals surface area (Å²) in [6.07, 6.45) is 1.75. The Kier molecular flexibility index (Phi) is 5.37. The number of aromatic nitrogens is 1. The molecule has 31 heavy (non-hydrogen) atoms. The first-order valence-electron chi connectivity index (χ1n) is 9.69. The average Bonchev–Trinajstić information content (AvgIpc) is 3.18. The van der Waals surface area contributed by atoms with Gasteiger partial charge in [0.05, 0.1) is 12.7 Å². The molecule has 0 saturated heterocycles. The van der Waals surface area contributed by atoms with E-state index in [1.54, 1.807) is 28.8 Å². The number of anilines is 1. The van der Waals surface area contributed by atoms with E-state index in [1.165, 1.54) is 20.1 Å². The number of methoxy groups -OCH3 is 1.